The van der Waals surface area contributed by atoms with Crippen LogP contribution in [0.15, 0.2) is 23.1 Å². The quantitative estimate of drug-likeness (QED) is 0.500. The molecule has 0 aliphatic heterocycles. The number of hydrogen-bond acceptors (Lipinski definition) is 3. The Morgan fingerprint density at radius 3 is 2.42 bits per heavy atom. The lowest BCUT2D eigenvalue weighted by Gasteiger charge is -2.05. The molecule has 0 amide bonds. The standard InChI is InChI=1S/C16H20N2S/c1-2-3-4-5-6-7-11-19-16-10-8-9-14(12-17)15(16)13-18/h8-10H,2-7,11H2,1H3. The van der Waals surface area contributed by atoms with E-state index in [0.29, 0.717) is 11.1 Å². The van der Waals surface area contributed by atoms with E-state index in [-0.39, 0.29) is 0 Å². The minimum atomic E-state index is 0.482. The van der Waals surface area contributed by atoms with Crippen molar-refractivity contribution in [1.82, 2.24) is 0 Å². The third-order valence-electron chi connectivity index (χ3n) is 3.01. The maximum absolute atomic E-state index is 9.12. The van der Waals surface area contributed by atoms with E-state index in [1.807, 2.05) is 12.1 Å². The van der Waals surface area contributed by atoms with E-state index < -0.39 is 0 Å². The molecule has 19 heavy (non-hydrogen) atoms. The second-order valence-electron chi connectivity index (χ2n) is 4.52. The predicted octanol–water partition coefficient (Wildman–Crippen LogP) is 4.88. The smallest absolute Gasteiger partial charge is 0.102 e. The van der Waals surface area contributed by atoms with E-state index in [1.165, 1.54) is 38.5 Å². The van der Waals surface area contributed by atoms with Gasteiger partial charge in [-0.2, -0.15) is 10.5 Å². The summed E-state index contributed by atoms with van der Waals surface area (Å²) in [6, 6.07) is 9.70. The molecule has 0 N–H and O–H groups in total. The molecular formula is C16H20N2S. The topological polar surface area (TPSA) is 47.6 Å². The lowest BCUT2D eigenvalue weighted by Crippen LogP contribution is -1.89. The van der Waals surface area contributed by atoms with Gasteiger partial charge in [0, 0.05) is 4.90 Å². The van der Waals surface area contributed by atoms with Gasteiger partial charge in [-0.1, -0.05) is 45.1 Å². The molecule has 1 aromatic carbocycles. The van der Waals surface area contributed by atoms with Crippen LogP contribution in [0.25, 0.3) is 0 Å². The largest absolute Gasteiger partial charge is 0.192 e. The van der Waals surface area contributed by atoms with Crippen molar-refractivity contribution in [2.24, 2.45) is 0 Å². The lowest BCUT2D eigenvalue weighted by molar-refractivity contribution is 0.627. The lowest BCUT2D eigenvalue weighted by atomic mass is 10.1. The number of benzene rings is 1. The minimum absolute atomic E-state index is 0.482. The highest BCUT2D eigenvalue weighted by atomic mass is 32.2. The van der Waals surface area contributed by atoms with E-state index in [4.69, 9.17) is 10.5 Å². The summed E-state index contributed by atoms with van der Waals surface area (Å²) in [7, 11) is 0. The molecular weight excluding hydrogens is 252 g/mol. The van der Waals surface area contributed by atoms with Crippen molar-refractivity contribution in [3.63, 3.8) is 0 Å². The molecule has 0 saturated carbocycles. The molecule has 0 aliphatic carbocycles. The maximum atomic E-state index is 9.12. The Morgan fingerprint density at radius 1 is 1.00 bits per heavy atom. The third-order valence-corrected chi connectivity index (χ3v) is 4.16. The van der Waals surface area contributed by atoms with Crippen molar-refractivity contribution >= 4 is 11.8 Å². The molecule has 0 spiro atoms. The number of rotatable bonds is 8. The van der Waals surface area contributed by atoms with Crippen LogP contribution in [0.5, 0.6) is 0 Å². The molecule has 0 radical (unpaired) electrons. The van der Waals surface area contributed by atoms with Gasteiger partial charge in [0.2, 0.25) is 0 Å². The molecule has 1 aromatic rings. The Bertz CT molecular complexity index is 469. The van der Waals surface area contributed by atoms with E-state index in [1.54, 1.807) is 17.8 Å². The second kappa shape index (κ2) is 9.48. The van der Waals surface area contributed by atoms with Gasteiger partial charge in [-0.3, -0.25) is 0 Å². The monoisotopic (exact) mass is 272 g/mol. The first-order chi connectivity index (χ1) is 9.33. The Hall–Kier alpha value is -1.45. The van der Waals surface area contributed by atoms with Gasteiger partial charge in [0.05, 0.1) is 11.1 Å². The Kier molecular flexibility index (Phi) is 7.78. The summed E-state index contributed by atoms with van der Waals surface area (Å²) in [5, 5.41) is 18.1. The first-order valence-corrected chi connectivity index (χ1v) is 7.88. The highest BCUT2D eigenvalue weighted by Crippen LogP contribution is 2.25. The highest BCUT2D eigenvalue weighted by Gasteiger charge is 2.07. The van der Waals surface area contributed by atoms with E-state index in [0.717, 1.165) is 10.6 Å². The van der Waals surface area contributed by atoms with Gasteiger partial charge < -0.3 is 0 Å². The summed E-state index contributed by atoms with van der Waals surface area (Å²) in [4.78, 5) is 0.940. The molecule has 0 aromatic heterocycles. The summed E-state index contributed by atoms with van der Waals surface area (Å²) in [5.41, 5.74) is 1.01. The van der Waals surface area contributed by atoms with E-state index >= 15 is 0 Å². The fraction of sp³-hybridized carbons (Fsp3) is 0.500. The average Bonchev–Trinajstić information content (AvgIpc) is 2.45. The van der Waals surface area contributed by atoms with Crippen LogP contribution in [0.1, 0.15) is 56.6 Å². The third kappa shape index (κ3) is 5.37. The van der Waals surface area contributed by atoms with Gasteiger partial charge in [-0.05, 0) is 24.3 Å². The molecule has 2 nitrogen and oxygen atoms in total. The van der Waals surface area contributed by atoms with Crippen LogP contribution in [-0.4, -0.2) is 5.75 Å². The SMILES string of the molecule is CCCCCCCCSc1cccc(C#N)c1C#N. The van der Waals surface area contributed by atoms with Crippen LogP contribution in [0.2, 0.25) is 0 Å². The Labute approximate surface area is 120 Å². The van der Waals surface area contributed by atoms with Gasteiger partial charge in [-0.25, -0.2) is 0 Å². The van der Waals surface area contributed by atoms with Crippen molar-refractivity contribution in [1.29, 1.82) is 10.5 Å². The van der Waals surface area contributed by atoms with Crippen molar-refractivity contribution < 1.29 is 0 Å². The van der Waals surface area contributed by atoms with Gasteiger partial charge in [0.1, 0.15) is 12.1 Å². The van der Waals surface area contributed by atoms with Crippen molar-refractivity contribution in [2.45, 2.75) is 50.3 Å². The molecule has 0 bridgehead atoms. The van der Waals surface area contributed by atoms with Crippen LogP contribution in [0, 0.1) is 22.7 Å². The fourth-order valence-corrected chi connectivity index (χ4v) is 2.97. The summed E-state index contributed by atoms with van der Waals surface area (Å²) >= 11 is 1.69. The Balaban J connectivity index is 2.38. The van der Waals surface area contributed by atoms with Crippen LogP contribution >= 0.6 is 11.8 Å². The number of nitrogens with zero attached hydrogens (tertiary/aromatic N) is 2. The average molecular weight is 272 g/mol. The first kappa shape index (κ1) is 15.6. The normalized spacial score (nSPS) is 9.84. The molecule has 3 heteroatoms. The summed E-state index contributed by atoms with van der Waals surface area (Å²) in [5.74, 6) is 1.02. The molecule has 0 saturated heterocycles. The molecule has 1 rings (SSSR count). The molecule has 0 aliphatic rings. The second-order valence-corrected chi connectivity index (χ2v) is 5.66. The summed E-state index contributed by atoms with van der Waals surface area (Å²) in [6.07, 6.45) is 7.67. The van der Waals surface area contributed by atoms with Crippen LogP contribution in [0.4, 0.5) is 0 Å². The summed E-state index contributed by atoms with van der Waals surface area (Å²) in [6.45, 7) is 2.22. The van der Waals surface area contributed by atoms with Gasteiger partial charge in [0.15, 0.2) is 0 Å². The van der Waals surface area contributed by atoms with E-state index in [2.05, 4.69) is 19.1 Å². The van der Waals surface area contributed by atoms with E-state index in [9.17, 15) is 0 Å². The fourth-order valence-electron chi connectivity index (χ4n) is 1.92. The Morgan fingerprint density at radius 2 is 1.74 bits per heavy atom. The molecule has 0 heterocycles. The minimum Gasteiger partial charge on any atom is -0.192 e. The van der Waals surface area contributed by atoms with Gasteiger partial charge >= 0.3 is 0 Å². The van der Waals surface area contributed by atoms with Crippen LogP contribution in [0.3, 0.4) is 0 Å². The number of unbranched alkanes of at least 4 members (excludes halogenated alkanes) is 5. The van der Waals surface area contributed by atoms with Crippen molar-refractivity contribution in [3.8, 4) is 12.1 Å². The number of thioether (sulfide) groups is 1. The zero-order chi connectivity index (χ0) is 13.9. The maximum Gasteiger partial charge on any atom is 0.102 e. The highest BCUT2D eigenvalue weighted by molar-refractivity contribution is 7.99. The van der Waals surface area contributed by atoms with Crippen molar-refractivity contribution in [2.75, 3.05) is 5.75 Å². The molecule has 0 fully saturated rings. The predicted molar refractivity (Wildman–Crippen MR) is 80.0 cm³/mol. The van der Waals surface area contributed by atoms with Crippen LogP contribution < -0.4 is 0 Å². The number of nitriles is 2. The zero-order valence-corrected chi connectivity index (χ0v) is 12.3. The first-order valence-electron chi connectivity index (χ1n) is 6.89. The van der Waals surface area contributed by atoms with Gasteiger partial charge in [0.25, 0.3) is 0 Å². The van der Waals surface area contributed by atoms with Crippen LogP contribution in [-0.2, 0) is 0 Å². The van der Waals surface area contributed by atoms with Gasteiger partial charge in [-0.15, -0.1) is 11.8 Å². The number of hydrogen-bond donors (Lipinski definition) is 0. The molecule has 0 unspecified atom stereocenters. The summed E-state index contributed by atoms with van der Waals surface area (Å²) < 4.78 is 0. The molecule has 100 valence electrons. The van der Waals surface area contributed by atoms with Crippen molar-refractivity contribution in [3.05, 3.63) is 29.3 Å². The molecule has 0 atom stereocenters. The zero-order valence-electron chi connectivity index (χ0n) is 11.5.